The van der Waals surface area contributed by atoms with Gasteiger partial charge < -0.3 is 14.9 Å². The van der Waals surface area contributed by atoms with Crippen LogP contribution in [0.5, 0.6) is 0 Å². The Bertz CT molecular complexity index is 560. The Morgan fingerprint density at radius 1 is 1.19 bits per heavy atom. The van der Waals surface area contributed by atoms with E-state index in [0.29, 0.717) is 19.3 Å². The molecule has 4 heteroatoms. The van der Waals surface area contributed by atoms with Gasteiger partial charge in [0.05, 0.1) is 11.2 Å². The predicted octanol–water partition coefficient (Wildman–Crippen LogP) is 4.24. The van der Waals surface area contributed by atoms with Crippen molar-refractivity contribution in [3.8, 4) is 0 Å². The van der Waals surface area contributed by atoms with Crippen molar-refractivity contribution in [2.24, 2.45) is 22.7 Å². The SMILES string of the molecule is CCCC(C)C1CC2(C(=O)O1)C(C)(O)CC(C)/C=C\C(C)(C)CC2(C)O. The smallest absolute Gasteiger partial charge is 0.318 e. The monoisotopic (exact) mass is 366 g/mol. The van der Waals surface area contributed by atoms with E-state index in [-0.39, 0.29) is 23.4 Å². The molecule has 1 spiro atoms. The molecule has 0 bridgehead atoms. The first-order chi connectivity index (χ1) is 11.8. The number of allylic oxidation sites excluding steroid dienone is 2. The Hall–Kier alpha value is -0.870. The van der Waals surface area contributed by atoms with E-state index in [4.69, 9.17) is 4.74 Å². The van der Waals surface area contributed by atoms with E-state index in [2.05, 4.69) is 39.8 Å². The first kappa shape index (κ1) is 21.4. The minimum absolute atomic E-state index is 0.106. The Labute approximate surface area is 159 Å². The molecule has 2 rings (SSSR count). The molecule has 0 amide bonds. The van der Waals surface area contributed by atoms with E-state index in [1.54, 1.807) is 13.8 Å². The maximum Gasteiger partial charge on any atom is 0.318 e. The topological polar surface area (TPSA) is 66.8 Å². The highest BCUT2D eigenvalue weighted by Crippen LogP contribution is 2.57. The lowest BCUT2D eigenvalue weighted by atomic mass is 9.56. The number of hydrogen-bond donors (Lipinski definition) is 2. The molecule has 150 valence electrons. The molecule has 2 aliphatic rings. The molecule has 6 atom stereocenters. The average Bonchev–Trinajstić information content (AvgIpc) is 2.84. The average molecular weight is 367 g/mol. The van der Waals surface area contributed by atoms with Crippen LogP contribution in [0.1, 0.15) is 80.6 Å². The summed E-state index contributed by atoms with van der Waals surface area (Å²) in [5.74, 6) is -0.119. The molecule has 1 saturated heterocycles. The summed E-state index contributed by atoms with van der Waals surface area (Å²) >= 11 is 0. The van der Waals surface area contributed by atoms with Crippen LogP contribution >= 0.6 is 0 Å². The fourth-order valence-electron chi connectivity index (χ4n) is 5.47. The molecule has 1 fully saturated rings. The van der Waals surface area contributed by atoms with Gasteiger partial charge in [0.15, 0.2) is 0 Å². The van der Waals surface area contributed by atoms with Crippen molar-refractivity contribution in [2.45, 2.75) is 97.9 Å². The number of ether oxygens (including phenoxy) is 1. The Kier molecular flexibility index (Phi) is 5.72. The standard InChI is InChI=1S/C22H38O4/c1-8-9-16(3)17-13-22(18(23)26-17)20(6,24)12-15(2)10-11-19(4,5)14-21(22,7)25/h10-11,15-17,24-25H,8-9,12-14H2,1-7H3/b11-10-. The molecule has 1 aliphatic heterocycles. The summed E-state index contributed by atoms with van der Waals surface area (Å²) < 4.78 is 5.80. The number of esters is 1. The van der Waals surface area contributed by atoms with E-state index in [9.17, 15) is 15.0 Å². The molecule has 1 aliphatic carbocycles. The van der Waals surface area contributed by atoms with Gasteiger partial charge in [0.1, 0.15) is 11.5 Å². The summed E-state index contributed by atoms with van der Waals surface area (Å²) in [7, 11) is 0. The second-order valence-electron chi connectivity index (χ2n) is 10.1. The summed E-state index contributed by atoms with van der Waals surface area (Å²) in [5, 5.41) is 23.2. The fourth-order valence-corrected chi connectivity index (χ4v) is 5.47. The van der Waals surface area contributed by atoms with Crippen LogP contribution in [0, 0.1) is 22.7 Å². The molecule has 6 unspecified atom stereocenters. The van der Waals surface area contributed by atoms with Crippen LogP contribution < -0.4 is 0 Å². The van der Waals surface area contributed by atoms with Gasteiger partial charge in [-0.15, -0.1) is 0 Å². The van der Waals surface area contributed by atoms with E-state index >= 15 is 0 Å². The number of hydrogen-bond acceptors (Lipinski definition) is 4. The number of rotatable bonds is 3. The fraction of sp³-hybridized carbons (Fsp3) is 0.864. The van der Waals surface area contributed by atoms with Crippen LogP contribution in [-0.2, 0) is 9.53 Å². The number of aliphatic hydroxyl groups is 2. The Morgan fingerprint density at radius 3 is 2.38 bits per heavy atom. The molecule has 0 aromatic rings. The van der Waals surface area contributed by atoms with Gasteiger partial charge in [-0.1, -0.05) is 53.2 Å². The molecule has 0 aromatic heterocycles. The third-order valence-corrected chi connectivity index (χ3v) is 6.73. The van der Waals surface area contributed by atoms with Crippen molar-refractivity contribution in [1.29, 1.82) is 0 Å². The summed E-state index contributed by atoms with van der Waals surface area (Å²) in [4.78, 5) is 13.2. The van der Waals surface area contributed by atoms with Crippen molar-refractivity contribution in [3.63, 3.8) is 0 Å². The van der Waals surface area contributed by atoms with Crippen LogP contribution in [0.4, 0.5) is 0 Å². The molecule has 26 heavy (non-hydrogen) atoms. The molecule has 0 aromatic carbocycles. The van der Waals surface area contributed by atoms with Gasteiger partial charge in [-0.25, -0.2) is 0 Å². The summed E-state index contributed by atoms with van der Waals surface area (Å²) in [6.07, 6.45) is 7.11. The lowest BCUT2D eigenvalue weighted by Crippen LogP contribution is -2.63. The zero-order valence-corrected chi connectivity index (χ0v) is 17.6. The molecular weight excluding hydrogens is 328 g/mol. The van der Waals surface area contributed by atoms with Crippen LogP contribution in [0.25, 0.3) is 0 Å². The van der Waals surface area contributed by atoms with Crippen LogP contribution in [0.15, 0.2) is 12.2 Å². The summed E-state index contributed by atoms with van der Waals surface area (Å²) in [5.41, 5.74) is -4.31. The van der Waals surface area contributed by atoms with E-state index < -0.39 is 22.6 Å². The van der Waals surface area contributed by atoms with Crippen molar-refractivity contribution in [1.82, 2.24) is 0 Å². The normalized spacial score (nSPS) is 45.5. The third-order valence-electron chi connectivity index (χ3n) is 6.73. The van der Waals surface area contributed by atoms with Crippen molar-refractivity contribution in [3.05, 3.63) is 12.2 Å². The minimum Gasteiger partial charge on any atom is -0.461 e. The van der Waals surface area contributed by atoms with Gasteiger partial charge in [0.25, 0.3) is 0 Å². The quantitative estimate of drug-likeness (QED) is 0.579. The third kappa shape index (κ3) is 3.60. The van der Waals surface area contributed by atoms with Gasteiger partial charge in [0.2, 0.25) is 0 Å². The van der Waals surface area contributed by atoms with Gasteiger partial charge in [-0.05, 0) is 50.4 Å². The Morgan fingerprint density at radius 2 is 1.81 bits per heavy atom. The maximum absolute atomic E-state index is 13.2. The molecule has 0 radical (unpaired) electrons. The zero-order chi connectivity index (χ0) is 20.0. The van der Waals surface area contributed by atoms with Crippen molar-refractivity contribution < 1.29 is 19.7 Å². The van der Waals surface area contributed by atoms with Gasteiger partial charge in [-0.2, -0.15) is 0 Å². The van der Waals surface area contributed by atoms with Gasteiger partial charge >= 0.3 is 5.97 Å². The van der Waals surface area contributed by atoms with E-state index in [1.807, 2.05) is 6.92 Å². The molecule has 1 heterocycles. The number of carbonyl (C=O) groups is 1. The predicted molar refractivity (Wildman–Crippen MR) is 104 cm³/mol. The molecule has 4 nitrogen and oxygen atoms in total. The summed E-state index contributed by atoms with van der Waals surface area (Å²) in [6.45, 7) is 13.8. The largest absolute Gasteiger partial charge is 0.461 e. The maximum atomic E-state index is 13.2. The second-order valence-corrected chi connectivity index (χ2v) is 10.1. The van der Waals surface area contributed by atoms with Crippen LogP contribution in [0.2, 0.25) is 0 Å². The molecule has 2 N–H and O–H groups in total. The van der Waals surface area contributed by atoms with E-state index in [0.717, 1.165) is 12.8 Å². The highest BCUT2D eigenvalue weighted by atomic mass is 16.6. The summed E-state index contributed by atoms with van der Waals surface area (Å²) in [6, 6.07) is 0. The molecule has 0 saturated carbocycles. The lowest BCUT2D eigenvalue weighted by molar-refractivity contribution is -0.203. The van der Waals surface area contributed by atoms with Crippen LogP contribution in [-0.4, -0.2) is 33.5 Å². The second kappa shape index (κ2) is 6.94. The van der Waals surface area contributed by atoms with Crippen molar-refractivity contribution in [2.75, 3.05) is 0 Å². The number of carbonyl (C=O) groups excluding carboxylic acids is 1. The Balaban J connectivity index is 2.55. The zero-order valence-electron chi connectivity index (χ0n) is 17.6. The first-order valence-electron chi connectivity index (χ1n) is 10.1. The lowest BCUT2D eigenvalue weighted by Gasteiger charge is -2.50. The van der Waals surface area contributed by atoms with Crippen molar-refractivity contribution >= 4 is 5.97 Å². The highest BCUT2D eigenvalue weighted by molar-refractivity contribution is 5.82. The van der Waals surface area contributed by atoms with E-state index in [1.165, 1.54) is 0 Å². The minimum atomic E-state index is -1.37. The number of cyclic esters (lactones) is 1. The van der Waals surface area contributed by atoms with Gasteiger partial charge in [0, 0.05) is 6.42 Å². The van der Waals surface area contributed by atoms with Crippen LogP contribution in [0.3, 0.4) is 0 Å². The highest BCUT2D eigenvalue weighted by Gasteiger charge is 2.69. The van der Waals surface area contributed by atoms with Gasteiger partial charge in [-0.3, -0.25) is 4.79 Å². The first-order valence-corrected chi connectivity index (χ1v) is 10.1. The molecular formula is C22H38O4.